The molecule has 0 saturated heterocycles. The number of nitrogens with one attached hydrogen (secondary N) is 6. The molecule has 0 spiro atoms. The molecule has 4 aromatic rings. The number of carbonyl (C=O) groups is 4. The molecule has 52 heavy (non-hydrogen) atoms. The van der Waals surface area contributed by atoms with Gasteiger partial charge in [-0.3, -0.25) is 29.0 Å². The number of para-hydroxylation sites is 1. The predicted molar refractivity (Wildman–Crippen MR) is 196 cm³/mol. The number of phenolic OH excluding ortho intramolecular Hbond substituents is 1. The van der Waals surface area contributed by atoms with E-state index in [0.29, 0.717) is 68.6 Å². The van der Waals surface area contributed by atoms with Gasteiger partial charge in [0.15, 0.2) is 0 Å². The van der Waals surface area contributed by atoms with Crippen LogP contribution in [0.15, 0.2) is 59.5 Å². The number of H-pyrrole nitrogens is 2. The van der Waals surface area contributed by atoms with Crippen LogP contribution in [-0.2, 0) is 44.9 Å². The fraction of sp³-hybridized carbons (Fsp3) is 0.421. The number of rotatable bonds is 8. The number of fused-ring (bicyclic) bond motifs is 19. The summed E-state index contributed by atoms with van der Waals surface area (Å²) in [4.78, 5) is 78.5. The molecule has 14 heteroatoms. The number of benzene rings is 2. The second kappa shape index (κ2) is 18.1. The number of unbranched alkanes of at least 4 members (excludes halogenated alkanes) is 1. The molecule has 3 atom stereocenters. The largest absolute Gasteiger partial charge is 0.508 e. The van der Waals surface area contributed by atoms with Gasteiger partial charge in [0.1, 0.15) is 29.6 Å². The molecule has 14 nitrogen and oxygen atoms in total. The Kier molecular flexibility index (Phi) is 13.2. The molecule has 0 unspecified atom stereocenters. The summed E-state index contributed by atoms with van der Waals surface area (Å²) >= 11 is 0. The number of aromatic hydroxyl groups is 1. The number of hydrogen-bond acceptors (Lipinski definition) is 8. The van der Waals surface area contributed by atoms with Crippen molar-refractivity contribution in [2.45, 2.75) is 89.3 Å². The first-order valence-corrected chi connectivity index (χ1v) is 17.9. The molecule has 2 aromatic carbocycles. The third-order valence-corrected chi connectivity index (χ3v) is 9.35. The van der Waals surface area contributed by atoms with Crippen molar-refractivity contribution in [1.82, 2.24) is 36.2 Å². The molecule has 0 aliphatic carbocycles. The van der Waals surface area contributed by atoms with Crippen LogP contribution in [0.3, 0.4) is 0 Å². The number of aromatic nitrogens is 3. The minimum atomic E-state index is -1.12. The van der Waals surface area contributed by atoms with E-state index >= 15 is 0 Å². The molecule has 6 rings (SSSR count). The molecule has 2 aromatic heterocycles. The standard InChI is InChI=1S/C38H48N8O6/c1-23-28-9-5-7-19-40-35(49)30(11-4-6-18-39)45-38(52)33(21-25-22-41-29-10-3-2-8-27(25)29)46-37(51)32(20-24-12-14-26(47)15-13-24)43-34(48)17-16-31(42-23)36(50)44-28/h2-3,8,10,12-15,22,30,32-33,41,47H,4-7,9,11,16-21,39H2,1H3,(H,40,49)(H,43,48)(H,44,50)(H,45,52)(H,46,51)/t30-,32-,33+/m1/s1. The van der Waals surface area contributed by atoms with Gasteiger partial charge >= 0.3 is 0 Å². The number of phenols is 1. The van der Waals surface area contributed by atoms with Crippen LogP contribution in [0.4, 0.5) is 0 Å². The van der Waals surface area contributed by atoms with Crippen LogP contribution in [0, 0.1) is 6.92 Å². The smallest absolute Gasteiger partial charge is 0.269 e. The first-order valence-electron chi connectivity index (χ1n) is 17.9. The van der Waals surface area contributed by atoms with E-state index in [1.165, 1.54) is 12.1 Å². The lowest BCUT2D eigenvalue weighted by Gasteiger charge is -2.26. The normalized spacial score (nSPS) is 19.7. The zero-order chi connectivity index (χ0) is 37.0. The topological polar surface area (TPSA) is 224 Å². The van der Waals surface area contributed by atoms with Crippen LogP contribution in [0.1, 0.15) is 66.7 Å². The maximum atomic E-state index is 14.1. The lowest BCUT2D eigenvalue weighted by Crippen LogP contribution is -2.57. The van der Waals surface area contributed by atoms with Crippen LogP contribution in [0.2, 0.25) is 0 Å². The van der Waals surface area contributed by atoms with Gasteiger partial charge in [0.05, 0.1) is 5.69 Å². The summed E-state index contributed by atoms with van der Waals surface area (Å²) in [6.07, 6.45) is 5.34. The van der Waals surface area contributed by atoms with Gasteiger partial charge in [-0.05, 0) is 81.3 Å². The van der Waals surface area contributed by atoms with Crippen molar-refractivity contribution in [1.29, 1.82) is 0 Å². The Hall–Kier alpha value is -5.50. The second-order valence-electron chi connectivity index (χ2n) is 13.3. The van der Waals surface area contributed by atoms with E-state index in [1.807, 2.05) is 24.3 Å². The van der Waals surface area contributed by atoms with Crippen molar-refractivity contribution < 1.29 is 24.3 Å². The van der Waals surface area contributed by atoms with Gasteiger partial charge < -0.3 is 42.1 Å². The average Bonchev–Trinajstić information content (AvgIpc) is 3.54. The molecule has 2 bridgehead atoms. The summed E-state index contributed by atoms with van der Waals surface area (Å²) in [5, 5.41) is 22.2. The molecule has 4 amide bonds. The monoisotopic (exact) mass is 712 g/mol. The number of amides is 4. The van der Waals surface area contributed by atoms with Crippen molar-refractivity contribution in [3.63, 3.8) is 0 Å². The van der Waals surface area contributed by atoms with Crippen molar-refractivity contribution in [2.75, 3.05) is 13.1 Å². The summed E-state index contributed by atoms with van der Waals surface area (Å²) in [7, 11) is 0. The van der Waals surface area contributed by atoms with Crippen molar-refractivity contribution in [3.05, 3.63) is 93.3 Å². The number of aryl methyl sites for hydroxylation is 3. The number of carbonyl (C=O) groups excluding carboxylic acids is 4. The van der Waals surface area contributed by atoms with Crippen LogP contribution in [0.5, 0.6) is 5.75 Å². The van der Waals surface area contributed by atoms with Crippen molar-refractivity contribution in [3.8, 4) is 5.75 Å². The fourth-order valence-electron chi connectivity index (χ4n) is 6.41. The highest BCUT2D eigenvalue weighted by molar-refractivity contribution is 5.95. The molecule has 4 heterocycles. The Labute approximate surface area is 301 Å². The first-order chi connectivity index (χ1) is 25.1. The van der Waals surface area contributed by atoms with E-state index in [-0.39, 0.29) is 48.6 Å². The lowest BCUT2D eigenvalue weighted by atomic mass is 10.0. The molecule has 9 N–H and O–H groups in total. The zero-order valence-electron chi connectivity index (χ0n) is 29.4. The van der Waals surface area contributed by atoms with Gasteiger partial charge in [0.25, 0.3) is 5.56 Å². The first kappa shape index (κ1) is 37.7. The molecule has 0 radical (unpaired) electrons. The fourth-order valence-corrected chi connectivity index (χ4v) is 6.41. The second-order valence-corrected chi connectivity index (χ2v) is 13.3. The maximum Gasteiger partial charge on any atom is 0.269 e. The number of aromatic amines is 2. The van der Waals surface area contributed by atoms with Crippen LogP contribution >= 0.6 is 0 Å². The lowest BCUT2D eigenvalue weighted by molar-refractivity contribution is -0.133. The Balaban J connectivity index is 1.47. The SMILES string of the molecule is Cc1nc2c(=O)[nH]c1CCCCNC(=O)[C@@H](CCCCN)NC(=O)[C@H](Cc1c[nH]c3ccccc13)NC(=O)[C@@H](Cc1ccc(O)cc1)NC(=O)CC2. The third-order valence-electron chi connectivity index (χ3n) is 9.35. The third kappa shape index (κ3) is 10.3. The van der Waals surface area contributed by atoms with E-state index in [0.717, 1.165) is 16.5 Å². The highest BCUT2D eigenvalue weighted by atomic mass is 16.3. The molecular weight excluding hydrogens is 664 g/mol. The summed E-state index contributed by atoms with van der Waals surface area (Å²) in [6, 6.07) is 10.7. The minimum Gasteiger partial charge on any atom is -0.508 e. The molecule has 2 aliphatic heterocycles. The van der Waals surface area contributed by atoms with E-state index in [9.17, 15) is 29.1 Å². The molecule has 0 fully saturated rings. The van der Waals surface area contributed by atoms with E-state index in [1.54, 1.807) is 25.3 Å². The van der Waals surface area contributed by atoms with Crippen LogP contribution < -0.4 is 32.6 Å². The summed E-state index contributed by atoms with van der Waals surface area (Å²) in [6.45, 7) is 2.59. The van der Waals surface area contributed by atoms with Crippen molar-refractivity contribution >= 4 is 34.5 Å². The quantitative estimate of drug-likeness (QED) is 0.0990. The van der Waals surface area contributed by atoms with Gasteiger partial charge in [-0.25, -0.2) is 0 Å². The Morgan fingerprint density at radius 3 is 2.31 bits per heavy atom. The maximum absolute atomic E-state index is 14.1. The minimum absolute atomic E-state index is 0.0451. The van der Waals surface area contributed by atoms with Gasteiger partial charge in [-0.2, -0.15) is 0 Å². The highest BCUT2D eigenvalue weighted by Crippen LogP contribution is 2.20. The molecule has 276 valence electrons. The van der Waals surface area contributed by atoms with Gasteiger partial charge in [-0.15, -0.1) is 0 Å². The Morgan fingerprint density at radius 2 is 1.54 bits per heavy atom. The number of nitrogens with two attached hydrogens (primary N) is 1. The summed E-state index contributed by atoms with van der Waals surface area (Å²) in [5.74, 6) is -1.95. The van der Waals surface area contributed by atoms with Gasteiger partial charge in [0.2, 0.25) is 23.6 Å². The molecular formula is C38H48N8O6. The van der Waals surface area contributed by atoms with E-state index in [4.69, 9.17) is 5.73 Å². The molecule has 0 saturated carbocycles. The number of nitrogens with zero attached hydrogens (tertiary/aromatic N) is 1. The Bertz CT molecular complexity index is 1920. The van der Waals surface area contributed by atoms with Gasteiger partial charge in [0, 0.05) is 55.0 Å². The van der Waals surface area contributed by atoms with E-state index in [2.05, 4.69) is 36.2 Å². The molecule has 2 aliphatic rings. The average molecular weight is 713 g/mol. The Morgan fingerprint density at radius 1 is 0.808 bits per heavy atom. The summed E-state index contributed by atoms with van der Waals surface area (Å²) < 4.78 is 0. The van der Waals surface area contributed by atoms with Gasteiger partial charge in [-0.1, -0.05) is 30.3 Å². The predicted octanol–water partition coefficient (Wildman–Crippen LogP) is 1.72. The zero-order valence-corrected chi connectivity index (χ0v) is 29.4. The highest BCUT2D eigenvalue weighted by Gasteiger charge is 2.31. The van der Waals surface area contributed by atoms with E-state index < -0.39 is 35.8 Å². The van der Waals surface area contributed by atoms with Crippen LogP contribution in [-0.4, -0.2) is 74.9 Å². The number of hydrogen-bond donors (Lipinski definition) is 8. The van der Waals surface area contributed by atoms with Crippen molar-refractivity contribution in [2.24, 2.45) is 5.73 Å². The summed E-state index contributed by atoms with van der Waals surface area (Å²) in [5.41, 5.74) is 9.20. The van der Waals surface area contributed by atoms with Crippen LogP contribution in [0.25, 0.3) is 10.9 Å².